The number of hydrogen-bond acceptors (Lipinski definition) is 4. The molecule has 0 unspecified atom stereocenters. The summed E-state index contributed by atoms with van der Waals surface area (Å²) in [5.74, 6) is 0.420. The van der Waals surface area contributed by atoms with Crippen LogP contribution in [0, 0.1) is 0 Å². The summed E-state index contributed by atoms with van der Waals surface area (Å²) in [7, 11) is 1.56. The number of halogens is 2. The van der Waals surface area contributed by atoms with Gasteiger partial charge < -0.3 is 20.1 Å². The molecule has 0 aromatic heterocycles. The Bertz CT molecular complexity index is 873. The minimum atomic E-state index is -0.413. The van der Waals surface area contributed by atoms with E-state index in [0.717, 1.165) is 5.56 Å². The largest absolute Gasteiger partial charge is 0.496 e. The van der Waals surface area contributed by atoms with Crippen LogP contribution in [0.15, 0.2) is 36.4 Å². The monoisotopic (exact) mass is 408 g/mol. The quantitative estimate of drug-likeness (QED) is 0.761. The predicted octanol–water partition coefficient (Wildman–Crippen LogP) is 3.83. The summed E-state index contributed by atoms with van der Waals surface area (Å²) in [5, 5.41) is 6.53. The highest BCUT2D eigenvalue weighted by molar-refractivity contribution is 6.35. The van der Waals surface area contributed by atoms with Crippen LogP contribution in [0.1, 0.15) is 11.1 Å². The van der Waals surface area contributed by atoms with Crippen LogP contribution in [0.3, 0.4) is 0 Å². The van der Waals surface area contributed by atoms with E-state index in [2.05, 4.69) is 10.6 Å². The van der Waals surface area contributed by atoms with E-state index in [9.17, 15) is 9.59 Å². The van der Waals surface area contributed by atoms with Crippen molar-refractivity contribution < 1.29 is 19.1 Å². The molecule has 0 saturated carbocycles. The van der Waals surface area contributed by atoms with Gasteiger partial charge in [-0.2, -0.15) is 0 Å². The lowest BCUT2D eigenvalue weighted by atomic mass is 10.0. The molecule has 3 rings (SSSR count). The van der Waals surface area contributed by atoms with Crippen molar-refractivity contribution in [2.24, 2.45) is 0 Å². The highest BCUT2D eigenvalue weighted by Gasteiger charge is 2.23. The second-order valence-electron chi connectivity index (χ2n) is 6.13. The van der Waals surface area contributed by atoms with Gasteiger partial charge in [0.1, 0.15) is 12.4 Å². The van der Waals surface area contributed by atoms with Gasteiger partial charge in [0, 0.05) is 21.8 Å². The average Bonchev–Trinajstić information content (AvgIpc) is 3.03. The first-order chi connectivity index (χ1) is 12.9. The molecule has 6 nitrogen and oxygen atoms in total. The van der Waals surface area contributed by atoms with Gasteiger partial charge in [-0.05, 0) is 35.7 Å². The molecule has 0 spiro atoms. The molecular formula is C19H18Cl2N2O4. The zero-order valence-electron chi connectivity index (χ0n) is 14.6. The summed E-state index contributed by atoms with van der Waals surface area (Å²) in [6.45, 7) is 0.322. The highest BCUT2D eigenvalue weighted by atomic mass is 35.5. The van der Waals surface area contributed by atoms with Gasteiger partial charge in [0.25, 0.3) is 0 Å². The Kier molecular flexibility index (Phi) is 6.08. The minimum absolute atomic E-state index is 0.0983. The van der Waals surface area contributed by atoms with Gasteiger partial charge in [-0.15, -0.1) is 0 Å². The lowest BCUT2D eigenvalue weighted by molar-refractivity contribution is -0.115. The molecule has 1 aliphatic heterocycles. The third-order valence-electron chi connectivity index (χ3n) is 4.14. The van der Waals surface area contributed by atoms with Gasteiger partial charge in [-0.25, -0.2) is 4.79 Å². The van der Waals surface area contributed by atoms with Crippen molar-refractivity contribution in [3.05, 3.63) is 57.6 Å². The van der Waals surface area contributed by atoms with Crippen LogP contribution in [0.25, 0.3) is 0 Å². The molecule has 1 heterocycles. The number of nitrogens with one attached hydrogen (secondary N) is 2. The molecule has 1 aliphatic rings. The number of benzene rings is 2. The molecule has 2 aromatic carbocycles. The van der Waals surface area contributed by atoms with Crippen molar-refractivity contribution in [3.8, 4) is 5.75 Å². The Hall–Kier alpha value is -2.44. The number of rotatable bonds is 6. The first-order valence-electron chi connectivity index (χ1n) is 8.28. The van der Waals surface area contributed by atoms with Gasteiger partial charge in [-0.3, -0.25) is 4.79 Å². The molecule has 1 atom stereocenters. The number of carbonyl (C=O) groups is 2. The molecule has 0 radical (unpaired) electrons. The fourth-order valence-electron chi connectivity index (χ4n) is 2.84. The zero-order valence-corrected chi connectivity index (χ0v) is 16.1. The summed E-state index contributed by atoms with van der Waals surface area (Å²) >= 11 is 12.0. The minimum Gasteiger partial charge on any atom is -0.496 e. The van der Waals surface area contributed by atoms with E-state index in [1.54, 1.807) is 37.4 Å². The number of cyclic esters (lactones) is 1. The molecule has 1 fully saturated rings. The van der Waals surface area contributed by atoms with E-state index in [1.807, 2.05) is 6.07 Å². The van der Waals surface area contributed by atoms with Crippen molar-refractivity contribution in [1.82, 2.24) is 5.32 Å². The molecule has 2 amide bonds. The number of ether oxygens (including phenoxy) is 2. The SMILES string of the molecule is COc1cc(NC(=O)Cc2ccc(Cl)cc2Cl)ccc1C[C@H]1COC(=O)N1. The molecule has 0 bridgehead atoms. The first kappa shape index (κ1) is 19.3. The predicted molar refractivity (Wildman–Crippen MR) is 104 cm³/mol. The maximum absolute atomic E-state index is 12.3. The van der Waals surface area contributed by atoms with Crippen LogP contribution in [0.4, 0.5) is 10.5 Å². The summed E-state index contributed by atoms with van der Waals surface area (Å²) in [6.07, 6.45) is 0.290. The van der Waals surface area contributed by atoms with Gasteiger partial charge in [0.2, 0.25) is 5.91 Å². The third kappa shape index (κ3) is 5.05. The van der Waals surface area contributed by atoms with Crippen molar-refractivity contribution in [2.45, 2.75) is 18.9 Å². The standard InChI is InChI=1S/C19H18Cl2N2O4/c1-26-17-9-14(5-3-12(17)6-15-10-27-19(25)23-15)22-18(24)7-11-2-4-13(20)8-16(11)21/h2-5,8-9,15H,6-7,10H2,1H3,(H,22,24)(H,23,25)/t15-/m0/s1. The molecule has 1 saturated heterocycles. The van der Waals surface area contributed by atoms with Gasteiger partial charge in [0.15, 0.2) is 0 Å². The number of hydrogen-bond donors (Lipinski definition) is 2. The first-order valence-corrected chi connectivity index (χ1v) is 9.04. The molecular weight excluding hydrogens is 391 g/mol. The number of amides is 2. The van der Waals surface area contributed by atoms with E-state index in [-0.39, 0.29) is 18.4 Å². The lowest BCUT2D eigenvalue weighted by Gasteiger charge is -2.14. The summed E-state index contributed by atoms with van der Waals surface area (Å²) < 4.78 is 10.3. The van der Waals surface area contributed by atoms with E-state index >= 15 is 0 Å². The van der Waals surface area contributed by atoms with Crippen molar-refractivity contribution in [3.63, 3.8) is 0 Å². The van der Waals surface area contributed by atoms with E-state index in [0.29, 0.717) is 40.1 Å². The van der Waals surface area contributed by atoms with Crippen LogP contribution in [-0.2, 0) is 22.4 Å². The maximum atomic E-state index is 12.3. The number of carbonyl (C=O) groups excluding carboxylic acids is 2. The zero-order chi connectivity index (χ0) is 19.4. The normalized spacial score (nSPS) is 15.8. The van der Waals surface area contributed by atoms with Crippen LogP contribution in [-0.4, -0.2) is 31.8 Å². The van der Waals surface area contributed by atoms with Crippen LogP contribution >= 0.6 is 23.2 Å². The summed E-state index contributed by atoms with van der Waals surface area (Å²) in [5.41, 5.74) is 2.21. The van der Waals surface area contributed by atoms with E-state index in [1.165, 1.54) is 0 Å². The highest BCUT2D eigenvalue weighted by Crippen LogP contribution is 2.26. The van der Waals surface area contributed by atoms with Gasteiger partial charge >= 0.3 is 6.09 Å². The second-order valence-corrected chi connectivity index (χ2v) is 6.97. The molecule has 2 N–H and O–H groups in total. The van der Waals surface area contributed by atoms with Crippen molar-refractivity contribution in [2.75, 3.05) is 19.0 Å². The lowest BCUT2D eigenvalue weighted by Crippen LogP contribution is -2.28. The van der Waals surface area contributed by atoms with Gasteiger partial charge in [-0.1, -0.05) is 35.3 Å². The number of alkyl carbamates (subject to hydrolysis) is 1. The van der Waals surface area contributed by atoms with Crippen molar-refractivity contribution >= 4 is 40.9 Å². The Labute approximate surface area is 166 Å². The summed E-state index contributed by atoms with van der Waals surface area (Å²) in [6, 6.07) is 10.3. The number of anilines is 1. The summed E-state index contributed by atoms with van der Waals surface area (Å²) in [4.78, 5) is 23.4. The smallest absolute Gasteiger partial charge is 0.407 e. The molecule has 2 aromatic rings. The van der Waals surface area contributed by atoms with Crippen LogP contribution < -0.4 is 15.4 Å². The third-order valence-corrected chi connectivity index (χ3v) is 4.73. The Morgan fingerprint density at radius 1 is 1.26 bits per heavy atom. The molecule has 27 heavy (non-hydrogen) atoms. The van der Waals surface area contributed by atoms with E-state index in [4.69, 9.17) is 32.7 Å². The van der Waals surface area contributed by atoms with Crippen molar-refractivity contribution in [1.29, 1.82) is 0 Å². The Morgan fingerprint density at radius 3 is 2.70 bits per heavy atom. The molecule has 142 valence electrons. The van der Waals surface area contributed by atoms with E-state index < -0.39 is 6.09 Å². The number of methoxy groups -OCH3 is 1. The maximum Gasteiger partial charge on any atom is 0.407 e. The average molecular weight is 409 g/mol. The topological polar surface area (TPSA) is 76.7 Å². The Balaban J connectivity index is 1.66. The molecule has 8 heteroatoms. The van der Waals surface area contributed by atoms with Crippen LogP contribution in [0.2, 0.25) is 10.0 Å². The molecule has 0 aliphatic carbocycles. The Morgan fingerprint density at radius 2 is 2.04 bits per heavy atom. The fraction of sp³-hybridized carbons (Fsp3) is 0.263. The fourth-order valence-corrected chi connectivity index (χ4v) is 3.31. The van der Waals surface area contributed by atoms with Crippen LogP contribution in [0.5, 0.6) is 5.75 Å². The van der Waals surface area contributed by atoms with Gasteiger partial charge in [0.05, 0.1) is 19.6 Å². The second kappa shape index (κ2) is 8.50.